The van der Waals surface area contributed by atoms with Gasteiger partial charge in [0, 0.05) is 10.5 Å². The second-order valence-corrected chi connectivity index (χ2v) is 8.70. The lowest BCUT2D eigenvalue weighted by Gasteiger charge is -2.17. The molecule has 3 amide bonds. The zero-order valence-corrected chi connectivity index (χ0v) is 15.2. The van der Waals surface area contributed by atoms with Crippen LogP contribution in [0.4, 0.5) is 14.9 Å². The highest BCUT2D eigenvalue weighted by Crippen LogP contribution is 2.19. The van der Waals surface area contributed by atoms with Crippen molar-refractivity contribution >= 4 is 43.4 Å². The second-order valence-electron chi connectivity index (χ2n) is 5.55. The summed E-state index contributed by atoms with van der Waals surface area (Å²) in [7, 11) is -3.10. The largest absolute Gasteiger partial charge is 0.334 e. The topological polar surface area (TPSA) is 104 Å². The number of carbonyl (C=O) groups excluding carboxylic acids is 2. The van der Waals surface area contributed by atoms with Crippen LogP contribution in [0.5, 0.6) is 0 Å². The van der Waals surface area contributed by atoms with Crippen LogP contribution in [-0.4, -0.2) is 43.9 Å². The first-order valence-corrected chi connectivity index (χ1v) is 9.81. The Morgan fingerprint density at radius 2 is 2.08 bits per heavy atom. The molecule has 1 aliphatic heterocycles. The summed E-state index contributed by atoms with van der Waals surface area (Å²) < 4.78 is 36.9. The van der Waals surface area contributed by atoms with E-state index >= 15 is 0 Å². The molecule has 0 aromatic heterocycles. The van der Waals surface area contributed by atoms with Crippen molar-refractivity contribution in [2.24, 2.45) is 0 Å². The Labute approximate surface area is 147 Å². The maximum absolute atomic E-state index is 13.7. The van der Waals surface area contributed by atoms with E-state index in [1.165, 1.54) is 19.1 Å². The molecule has 0 spiro atoms. The van der Waals surface area contributed by atoms with Gasteiger partial charge in [-0.2, -0.15) is 0 Å². The Kier molecular flexibility index (Phi) is 5.81. The van der Waals surface area contributed by atoms with Crippen molar-refractivity contribution in [2.45, 2.75) is 25.4 Å². The van der Waals surface area contributed by atoms with Crippen molar-refractivity contribution in [3.8, 4) is 0 Å². The van der Waals surface area contributed by atoms with Crippen molar-refractivity contribution in [3.63, 3.8) is 0 Å². The summed E-state index contributed by atoms with van der Waals surface area (Å²) >= 11 is 3.11. The quantitative estimate of drug-likeness (QED) is 0.683. The van der Waals surface area contributed by atoms with Crippen LogP contribution in [0.2, 0.25) is 0 Å². The van der Waals surface area contributed by atoms with E-state index in [1.807, 2.05) is 0 Å². The lowest BCUT2D eigenvalue weighted by atomic mass is 10.2. The Bertz CT molecular complexity index is 756. The first kappa shape index (κ1) is 18.7. The zero-order chi connectivity index (χ0) is 17.9. The third-order valence-corrected chi connectivity index (χ3v) is 5.76. The van der Waals surface area contributed by atoms with Gasteiger partial charge in [-0.15, -0.1) is 0 Å². The van der Waals surface area contributed by atoms with Gasteiger partial charge in [0.05, 0.1) is 17.2 Å². The van der Waals surface area contributed by atoms with E-state index in [9.17, 15) is 22.4 Å². The lowest BCUT2D eigenvalue weighted by molar-refractivity contribution is -0.117. The minimum Gasteiger partial charge on any atom is -0.334 e. The molecule has 2 rings (SSSR count). The highest BCUT2D eigenvalue weighted by atomic mass is 79.9. The molecule has 132 valence electrons. The first-order chi connectivity index (χ1) is 11.2. The summed E-state index contributed by atoms with van der Waals surface area (Å²) in [5.41, 5.74) is -0.000792. The van der Waals surface area contributed by atoms with E-state index in [2.05, 4.69) is 31.9 Å². The summed E-state index contributed by atoms with van der Waals surface area (Å²) in [5.74, 6) is -1.27. The van der Waals surface area contributed by atoms with Gasteiger partial charge in [-0.3, -0.25) is 4.79 Å². The second kappa shape index (κ2) is 7.47. The Hall–Kier alpha value is -1.68. The Balaban J connectivity index is 1.86. The molecule has 10 heteroatoms. The fourth-order valence-electron chi connectivity index (χ4n) is 2.23. The van der Waals surface area contributed by atoms with Gasteiger partial charge in [0.1, 0.15) is 11.9 Å². The summed E-state index contributed by atoms with van der Waals surface area (Å²) in [6.07, 6.45) is 0.348. The molecule has 1 aliphatic rings. The molecule has 0 radical (unpaired) electrons. The van der Waals surface area contributed by atoms with Crippen LogP contribution < -0.4 is 16.0 Å². The van der Waals surface area contributed by atoms with Crippen molar-refractivity contribution in [3.05, 3.63) is 28.5 Å². The van der Waals surface area contributed by atoms with Gasteiger partial charge in [-0.1, -0.05) is 15.9 Å². The predicted octanol–water partition coefficient (Wildman–Crippen LogP) is 1.40. The predicted molar refractivity (Wildman–Crippen MR) is 90.9 cm³/mol. The molecule has 1 aromatic rings. The number of hydrogen-bond acceptors (Lipinski definition) is 4. The smallest absolute Gasteiger partial charge is 0.315 e. The number of rotatable bonds is 4. The highest BCUT2D eigenvalue weighted by Gasteiger charge is 2.29. The lowest BCUT2D eigenvalue weighted by Crippen LogP contribution is -2.49. The van der Waals surface area contributed by atoms with E-state index in [-0.39, 0.29) is 17.2 Å². The third kappa shape index (κ3) is 5.17. The molecule has 1 aromatic carbocycles. The number of hydrogen-bond donors (Lipinski definition) is 3. The van der Waals surface area contributed by atoms with Gasteiger partial charge in [0.25, 0.3) is 0 Å². The molecule has 0 bridgehead atoms. The van der Waals surface area contributed by atoms with Crippen LogP contribution in [0, 0.1) is 5.82 Å². The van der Waals surface area contributed by atoms with Crippen LogP contribution in [-0.2, 0) is 14.6 Å². The number of amides is 3. The first-order valence-electron chi connectivity index (χ1n) is 7.19. The van der Waals surface area contributed by atoms with E-state index in [0.717, 1.165) is 0 Å². The molecule has 3 N–H and O–H groups in total. The normalized spacial score (nSPS) is 20.2. The number of nitrogens with one attached hydrogen (secondary N) is 3. The fourth-order valence-corrected chi connectivity index (χ4v) is 4.24. The van der Waals surface area contributed by atoms with Crippen molar-refractivity contribution in [1.29, 1.82) is 0 Å². The standard InChI is InChI=1S/C14H17BrFN3O4S/c1-8(13(20)19-12-3-2-9(15)6-11(12)16)17-14(21)18-10-4-5-24(22,23)7-10/h2-3,6,8,10H,4-5,7H2,1H3,(H,19,20)(H2,17,18,21)/t8-,10?/m1/s1. The summed E-state index contributed by atoms with van der Waals surface area (Å²) in [5, 5.41) is 7.29. The molecule has 24 heavy (non-hydrogen) atoms. The van der Waals surface area contributed by atoms with E-state index in [4.69, 9.17) is 0 Å². The Morgan fingerprint density at radius 3 is 2.67 bits per heavy atom. The van der Waals surface area contributed by atoms with E-state index in [0.29, 0.717) is 10.9 Å². The summed E-state index contributed by atoms with van der Waals surface area (Å²) in [6, 6.07) is 2.15. The SMILES string of the molecule is C[C@@H](NC(=O)NC1CCS(=O)(=O)C1)C(=O)Nc1ccc(Br)cc1F. The maximum Gasteiger partial charge on any atom is 0.315 e. The van der Waals surface area contributed by atoms with Crippen LogP contribution >= 0.6 is 15.9 Å². The van der Waals surface area contributed by atoms with Gasteiger partial charge >= 0.3 is 6.03 Å². The molecule has 1 unspecified atom stereocenters. The molecular weight excluding hydrogens is 405 g/mol. The summed E-state index contributed by atoms with van der Waals surface area (Å²) in [4.78, 5) is 23.8. The third-order valence-electron chi connectivity index (χ3n) is 3.50. The number of benzene rings is 1. The molecule has 0 aliphatic carbocycles. The van der Waals surface area contributed by atoms with Gasteiger partial charge in [-0.25, -0.2) is 17.6 Å². The minimum atomic E-state index is -3.10. The summed E-state index contributed by atoms with van der Waals surface area (Å²) in [6.45, 7) is 1.44. The van der Waals surface area contributed by atoms with Gasteiger partial charge in [-0.05, 0) is 31.5 Å². The van der Waals surface area contributed by atoms with Crippen LogP contribution in [0.1, 0.15) is 13.3 Å². The number of halogens is 2. The monoisotopic (exact) mass is 421 g/mol. The molecule has 1 heterocycles. The van der Waals surface area contributed by atoms with Crippen LogP contribution in [0.15, 0.2) is 22.7 Å². The van der Waals surface area contributed by atoms with Crippen molar-refractivity contribution in [2.75, 3.05) is 16.8 Å². The zero-order valence-electron chi connectivity index (χ0n) is 12.8. The van der Waals surface area contributed by atoms with E-state index in [1.54, 1.807) is 6.07 Å². The van der Waals surface area contributed by atoms with Crippen LogP contribution in [0.25, 0.3) is 0 Å². The Morgan fingerprint density at radius 1 is 1.38 bits per heavy atom. The molecular formula is C14H17BrFN3O4S. The number of sulfone groups is 1. The number of carbonyl (C=O) groups is 2. The molecule has 2 atom stereocenters. The molecule has 7 nitrogen and oxygen atoms in total. The van der Waals surface area contributed by atoms with Gasteiger partial charge < -0.3 is 16.0 Å². The number of anilines is 1. The fraction of sp³-hybridized carbons (Fsp3) is 0.429. The molecule has 1 saturated heterocycles. The van der Waals surface area contributed by atoms with Crippen molar-refractivity contribution in [1.82, 2.24) is 10.6 Å². The van der Waals surface area contributed by atoms with Crippen molar-refractivity contribution < 1.29 is 22.4 Å². The van der Waals surface area contributed by atoms with Gasteiger partial charge in [0.2, 0.25) is 5.91 Å². The average molecular weight is 422 g/mol. The molecule has 0 saturated carbocycles. The van der Waals surface area contributed by atoms with E-state index < -0.39 is 39.7 Å². The molecule has 1 fully saturated rings. The van der Waals surface area contributed by atoms with Crippen LogP contribution in [0.3, 0.4) is 0 Å². The van der Waals surface area contributed by atoms with Gasteiger partial charge in [0.15, 0.2) is 9.84 Å². The number of urea groups is 1. The average Bonchev–Trinajstić information content (AvgIpc) is 2.80. The highest BCUT2D eigenvalue weighted by molar-refractivity contribution is 9.10. The maximum atomic E-state index is 13.7. The minimum absolute atomic E-state index is 0.000792.